The first-order valence-corrected chi connectivity index (χ1v) is 10.0. The number of nitrogens with zero attached hydrogens (tertiary/aromatic N) is 2. The Morgan fingerprint density at radius 2 is 1.73 bits per heavy atom. The molecule has 0 aliphatic carbocycles. The van der Waals surface area contributed by atoms with Crippen molar-refractivity contribution < 1.29 is 17.9 Å². The van der Waals surface area contributed by atoms with Crippen LogP contribution in [0.5, 0.6) is 5.75 Å². The van der Waals surface area contributed by atoms with Crippen LogP contribution in [0.4, 0.5) is 13.2 Å². The summed E-state index contributed by atoms with van der Waals surface area (Å²) in [4.78, 5) is 8.81. The molecule has 30 heavy (non-hydrogen) atoms. The molecule has 1 aromatic heterocycles. The van der Waals surface area contributed by atoms with Crippen molar-refractivity contribution in [2.24, 2.45) is 4.99 Å². The fraction of sp³-hybridized carbons (Fsp3) is 0.238. The van der Waals surface area contributed by atoms with Gasteiger partial charge in [0, 0.05) is 24.5 Å². The van der Waals surface area contributed by atoms with E-state index in [4.69, 9.17) is 4.74 Å². The Hall–Kier alpha value is -3.07. The van der Waals surface area contributed by atoms with Crippen molar-refractivity contribution in [2.75, 3.05) is 13.7 Å². The minimum atomic E-state index is -4.35. The maximum absolute atomic E-state index is 12.2. The number of thiazole rings is 1. The summed E-state index contributed by atoms with van der Waals surface area (Å²) in [5.74, 6) is 0.776. The highest BCUT2D eigenvalue weighted by Crippen LogP contribution is 2.23. The Bertz CT molecular complexity index is 956. The van der Waals surface area contributed by atoms with Crippen LogP contribution in [0.2, 0.25) is 0 Å². The topological polar surface area (TPSA) is 58.5 Å². The first kappa shape index (κ1) is 21.6. The molecule has 3 aromatic rings. The van der Waals surface area contributed by atoms with Gasteiger partial charge in [0.05, 0.1) is 12.2 Å². The van der Waals surface area contributed by atoms with Gasteiger partial charge in [-0.05, 0) is 17.7 Å². The van der Waals surface area contributed by atoms with Crippen molar-refractivity contribution in [3.63, 3.8) is 0 Å². The van der Waals surface area contributed by atoms with Crippen LogP contribution >= 0.6 is 11.3 Å². The SMILES string of the molecule is CN=C(NCc1ccc(OCC(F)(F)F)cc1)NCc1csc(-c2ccccc2)n1. The molecule has 0 aliphatic rings. The van der Waals surface area contributed by atoms with E-state index in [1.165, 1.54) is 12.1 Å². The van der Waals surface area contributed by atoms with Crippen LogP contribution in [0, 0.1) is 0 Å². The van der Waals surface area contributed by atoms with E-state index in [2.05, 4.69) is 20.6 Å². The van der Waals surface area contributed by atoms with Gasteiger partial charge in [0.15, 0.2) is 12.6 Å². The van der Waals surface area contributed by atoms with Crippen LogP contribution in [0.15, 0.2) is 65.0 Å². The van der Waals surface area contributed by atoms with E-state index in [0.29, 0.717) is 19.0 Å². The largest absolute Gasteiger partial charge is 0.484 e. The molecule has 5 nitrogen and oxygen atoms in total. The molecule has 2 aromatic carbocycles. The number of aliphatic imine (C=N–C) groups is 1. The summed E-state index contributed by atoms with van der Waals surface area (Å²) in [6, 6.07) is 16.4. The predicted molar refractivity (Wildman–Crippen MR) is 113 cm³/mol. The molecule has 0 atom stereocenters. The van der Waals surface area contributed by atoms with Crippen molar-refractivity contribution in [3.05, 3.63) is 71.2 Å². The molecule has 3 rings (SSSR count). The highest BCUT2D eigenvalue weighted by atomic mass is 32.1. The molecule has 0 saturated carbocycles. The number of benzene rings is 2. The van der Waals surface area contributed by atoms with Crippen molar-refractivity contribution in [3.8, 4) is 16.3 Å². The zero-order valence-electron chi connectivity index (χ0n) is 16.2. The standard InChI is InChI=1S/C21H21F3N4OS/c1-25-20(26-11-15-7-9-18(10-8-15)29-14-21(22,23)24)27-12-17-13-30-19(28-17)16-5-3-2-4-6-16/h2-10,13H,11-12,14H2,1H3,(H2,25,26,27). The number of hydrogen-bond donors (Lipinski definition) is 2. The van der Waals surface area contributed by atoms with Crippen molar-refractivity contribution in [1.82, 2.24) is 15.6 Å². The summed E-state index contributed by atoms with van der Waals surface area (Å²) in [7, 11) is 1.67. The Labute approximate surface area is 176 Å². The molecule has 1 heterocycles. The highest BCUT2D eigenvalue weighted by molar-refractivity contribution is 7.13. The van der Waals surface area contributed by atoms with Crippen LogP contribution in [0.3, 0.4) is 0 Å². The number of nitrogens with one attached hydrogen (secondary N) is 2. The van der Waals surface area contributed by atoms with Gasteiger partial charge in [-0.3, -0.25) is 4.99 Å². The quantitative estimate of drug-likeness (QED) is 0.421. The smallest absolute Gasteiger partial charge is 0.422 e. The lowest BCUT2D eigenvalue weighted by molar-refractivity contribution is -0.153. The van der Waals surface area contributed by atoms with E-state index in [-0.39, 0.29) is 5.75 Å². The molecule has 9 heteroatoms. The number of ether oxygens (including phenoxy) is 1. The predicted octanol–water partition coefficient (Wildman–Crippen LogP) is 4.62. The van der Waals surface area contributed by atoms with Crippen molar-refractivity contribution >= 4 is 17.3 Å². The van der Waals surface area contributed by atoms with Gasteiger partial charge in [0.25, 0.3) is 0 Å². The number of hydrogen-bond acceptors (Lipinski definition) is 4. The number of aromatic nitrogens is 1. The molecule has 0 bridgehead atoms. The fourth-order valence-corrected chi connectivity index (χ4v) is 3.38. The Kier molecular flexibility index (Phi) is 7.29. The molecule has 0 spiro atoms. The van der Waals surface area contributed by atoms with Gasteiger partial charge in [-0.2, -0.15) is 13.2 Å². The Balaban J connectivity index is 1.47. The molecule has 0 amide bonds. The maximum Gasteiger partial charge on any atom is 0.422 e. The van der Waals surface area contributed by atoms with E-state index in [1.54, 1.807) is 30.5 Å². The zero-order chi connectivity index (χ0) is 21.4. The van der Waals surface area contributed by atoms with Crippen molar-refractivity contribution in [1.29, 1.82) is 0 Å². The van der Waals surface area contributed by atoms with E-state index in [0.717, 1.165) is 21.8 Å². The van der Waals surface area contributed by atoms with Crippen LogP contribution in [0.25, 0.3) is 10.6 Å². The second-order valence-corrected chi connectivity index (χ2v) is 7.20. The summed E-state index contributed by atoms with van der Waals surface area (Å²) in [6.07, 6.45) is -4.35. The van der Waals surface area contributed by atoms with Gasteiger partial charge < -0.3 is 15.4 Å². The lowest BCUT2D eigenvalue weighted by Crippen LogP contribution is -2.36. The lowest BCUT2D eigenvalue weighted by Gasteiger charge is -2.12. The van der Waals surface area contributed by atoms with Crippen LogP contribution in [-0.2, 0) is 13.1 Å². The summed E-state index contributed by atoms with van der Waals surface area (Å²) in [6.45, 7) is -0.317. The third-order valence-electron chi connectivity index (χ3n) is 4.02. The van der Waals surface area contributed by atoms with Crippen molar-refractivity contribution in [2.45, 2.75) is 19.3 Å². The van der Waals surface area contributed by atoms with Gasteiger partial charge in [-0.15, -0.1) is 11.3 Å². The normalized spacial score (nSPS) is 11.9. The summed E-state index contributed by atoms with van der Waals surface area (Å²) in [5.41, 5.74) is 2.88. The summed E-state index contributed by atoms with van der Waals surface area (Å²) in [5, 5.41) is 9.33. The molecule has 158 valence electrons. The third-order valence-corrected chi connectivity index (χ3v) is 4.96. The van der Waals surface area contributed by atoms with Crippen LogP contribution in [0.1, 0.15) is 11.3 Å². The number of halogens is 3. The van der Waals surface area contributed by atoms with Crippen LogP contribution < -0.4 is 15.4 Å². The molecule has 0 fully saturated rings. The molecule has 0 saturated heterocycles. The van der Waals surface area contributed by atoms with Crippen LogP contribution in [-0.4, -0.2) is 30.8 Å². The Morgan fingerprint density at radius 3 is 2.40 bits per heavy atom. The summed E-state index contributed by atoms with van der Waals surface area (Å²) < 4.78 is 41.3. The highest BCUT2D eigenvalue weighted by Gasteiger charge is 2.28. The number of alkyl halides is 3. The third kappa shape index (κ3) is 6.77. The molecule has 0 aliphatic heterocycles. The fourth-order valence-electron chi connectivity index (χ4n) is 2.55. The zero-order valence-corrected chi connectivity index (χ0v) is 17.1. The molecular weight excluding hydrogens is 413 g/mol. The second kappa shape index (κ2) is 10.1. The van der Waals surface area contributed by atoms with Gasteiger partial charge >= 0.3 is 6.18 Å². The van der Waals surface area contributed by atoms with Gasteiger partial charge in [-0.25, -0.2) is 4.98 Å². The number of rotatable bonds is 7. The minimum absolute atomic E-state index is 0.177. The molecule has 0 radical (unpaired) electrons. The van der Waals surface area contributed by atoms with E-state index >= 15 is 0 Å². The van der Waals surface area contributed by atoms with E-state index < -0.39 is 12.8 Å². The Morgan fingerprint density at radius 1 is 1.03 bits per heavy atom. The molecular formula is C21H21F3N4OS. The van der Waals surface area contributed by atoms with E-state index in [9.17, 15) is 13.2 Å². The average molecular weight is 434 g/mol. The monoisotopic (exact) mass is 434 g/mol. The second-order valence-electron chi connectivity index (χ2n) is 6.34. The lowest BCUT2D eigenvalue weighted by atomic mass is 10.2. The van der Waals surface area contributed by atoms with Gasteiger partial charge in [0.2, 0.25) is 0 Å². The average Bonchev–Trinajstić information content (AvgIpc) is 3.22. The molecule has 2 N–H and O–H groups in total. The minimum Gasteiger partial charge on any atom is -0.484 e. The van der Waals surface area contributed by atoms with Gasteiger partial charge in [-0.1, -0.05) is 42.5 Å². The maximum atomic E-state index is 12.2. The first-order chi connectivity index (χ1) is 14.4. The van der Waals surface area contributed by atoms with Gasteiger partial charge in [0.1, 0.15) is 10.8 Å². The van der Waals surface area contributed by atoms with E-state index in [1.807, 2.05) is 35.7 Å². The summed E-state index contributed by atoms with van der Waals surface area (Å²) >= 11 is 1.59. The molecule has 0 unspecified atom stereocenters. The number of guanidine groups is 1. The first-order valence-electron chi connectivity index (χ1n) is 9.16.